The molecular weight excluding hydrogens is 362 g/mol. The lowest BCUT2D eigenvalue weighted by atomic mass is 10.2. The molecule has 0 atom stereocenters. The molecule has 0 aliphatic carbocycles. The van der Waals surface area contributed by atoms with Crippen LogP contribution in [0.2, 0.25) is 0 Å². The first-order chi connectivity index (χ1) is 12.0. The fraction of sp³-hybridized carbons (Fsp3) is 0.438. The maximum absolute atomic E-state index is 11.8. The fourth-order valence-corrected chi connectivity index (χ4v) is 4.94. The number of ether oxygens (including phenoxy) is 1. The van der Waals surface area contributed by atoms with Crippen molar-refractivity contribution in [1.82, 2.24) is 16.2 Å². The fourth-order valence-electron chi connectivity index (χ4n) is 2.04. The van der Waals surface area contributed by atoms with E-state index in [0.29, 0.717) is 10.3 Å². The molecule has 0 unspecified atom stereocenters. The van der Waals surface area contributed by atoms with Crippen molar-refractivity contribution in [2.24, 2.45) is 0 Å². The number of benzene rings is 1. The number of carbonyl (C=O) groups excluding carboxylic acids is 3. The molecule has 1 aromatic rings. The van der Waals surface area contributed by atoms with E-state index in [1.807, 2.05) is 47.8 Å². The predicted molar refractivity (Wildman–Crippen MR) is 99.2 cm³/mol. The van der Waals surface area contributed by atoms with Crippen molar-refractivity contribution in [2.75, 3.05) is 18.1 Å². The Morgan fingerprint density at radius 2 is 1.80 bits per heavy atom. The van der Waals surface area contributed by atoms with Gasteiger partial charge in [-0.25, -0.2) is 0 Å². The van der Waals surface area contributed by atoms with Crippen molar-refractivity contribution < 1.29 is 19.1 Å². The monoisotopic (exact) mass is 383 g/mol. The van der Waals surface area contributed by atoms with Crippen LogP contribution in [-0.2, 0) is 14.4 Å². The first-order valence-corrected chi connectivity index (χ1v) is 9.91. The molecule has 0 saturated carbocycles. The lowest BCUT2D eigenvalue weighted by molar-refractivity contribution is -0.141. The number of para-hydroxylation sites is 1. The van der Waals surface area contributed by atoms with Gasteiger partial charge in [-0.05, 0) is 19.9 Å². The zero-order valence-electron chi connectivity index (χ0n) is 14.0. The SMILES string of the molecule is CC(C)NC(=O)C(=O)NNC(=O)COc1ccccc1C1SCCS1. The van der Waals surface area contributed by atoms with Crippen LogP contribution in [-0.4, -0.2) is 41.9 Å². The molecule has 136 valence electrons. The number of thioether (sulfide) groups is 2. The van der Waals surface area contributed by atoms with Gasteiger partial charge in [-0.15, -0.1) is 23.5 Å². The van der Waals surface area contributed by atoms with Crippen molar-refractivity contribution >= 4 is 41.2 Å². The molecule has 7 nitrogen and oxygen atoms in total. The number of nitrogens with one attached hydrogen (secondary N) is 3. The van der Waals surface area contributed by atoms with Gasteiger partial charge < -0.3 is 10.1 Å². The van der Waals surface area contributed by atoms with Gasteiger partial charge in [0.15, 0.2) is 6.61 Å². The Labute approximate surface area is 155 Å². The predicted octanol–water partition coefficient (Wildman–Crippen LogP) is 1.22. The smallest absolute Gasteiger partial charge is 0.327 e. The molecule has 1 fully saturated rings. The van der Waals surface area contributed by atoms with Gasteiger partial charge in [-0.1, -0.05) is 18.2 Å². The van der Waals surface area contributed by atoms with Crippen LogP contribution in [0, 0.1) is 0 Å². The van der Waals surface area contributed by atoms with Crippen molar-refractivity contribution in [3.63, 3.8) is 0 Å². The molecule has 0 spiro atoms. The molecule has 0 bridgehead atoms. The molecule has 1 heterocycles. The van der Waals surface area contributed by atoms with Gasteiger partial charge in [-0.2, -0.15) is 0 Å². The van der Waals surface area contributed by atoms with Gasteiger partial charge in [-0.3, -0.25) is 25.2 Å². The van der Waals surface area contributed by atoms with E-state index in [9.17, 15) is 14.4 Å². The third-order valence-electron chi connectivity index (χ3n) is 3.09. The van der Waals surface area contributed by atoms with E-state index in [-0.39, 0.29) is 12.6 Å². The van der Waals surface area contributed by atoms with Crippen molar-refractivity contribution in [1.29, 1.82) is 0 Å². The summed E-state index contributed by atoms with van der Waals surface area (Å²) in [6, 6.07) is 7.42. The zero-order chi connectivity index (χ0) is 18.2. The topological polar surface area (TPSA) is 96.5 Å². The van der Waals surface area contributed by atoms with Gasteiger partial charge >= 0.3 is 11.8 Å². The van der Waals surface area contributed by atoms with E-state index in [1.54, 1.807) is 13.8 Å². The Morgan fingerprint density at radius 3 is 2.48 bits per heavy atom. The van der Waals surface area contributed by atoms with Crippen LogP contribution >= 0.6 is 23.5 Å². The minimum absolute atomic E-state index is 0.167. The summed E-state index contributed by atoms with van der Waals surface area (Å²) in [4.78, 5) is 34.7. The van der Waals surface area contributed by atoms with Crippen LogP contribution in [0.5, 0.6) is 5.75 Å². The number of hydrazine groups is 1. The summed E-state index contributed by atoms with van der Waals surface area (Å²) >= 11 is 3.69. The normalized spacial score (nSPS) is 14.2. The summed E-state index contributed by atoms with van der Waals surface area (Å²) in [7, 11) is 0. The maximum atomic E-state index is 11.8. The van der Waals surface area contributed by atoms with Crippen LogP contribution in [0.4, 0.5) is 0 Å². The van der Waals surface area contributed by atoms with E-state index >= 15 is 0 Å². The number of hydrogen-bond donors (Lipinski definition) is 3. The highest BCUT2D eigenvalue weighted by Gasteiger charge is 2.22. The van der Waals surface area contributed by atoms with E-state index in [1.165, 1.54) is 0 Å². The summed E-state index contributed by atoms with van der Waals surface area (Å²) in [5, 5.41) is 2.42. The third-order valence-corrected chi connectivity index (χ3v) is 6.16. The molecule has 9 heteroatoms. The largest absolute Gasteiger partial charge is 0.483 e. The Kier molecular flexibility index (Phi) is 7.45. The Morgan fingerprint density at radius 1 is 1.12 bits per heavy atom. The number of amides is 3. The van der Waals surface area contributed by atoms with E-state index in [2.05, 4.69) is 16.2 Å². The average Bonchev–Trinajstić information content (AvgIpc) is 3.11. The highest BCUT2D eigenvalue weighted by Crippen LogP contribution is 2.48. The summed E-state index contributed by atoms with van der Waals surface area (Å²) in [6.45, 7) is 3.21. The standard InChI is InChI=1S/C16H21N3O4S2/c1-10(2)17-14(21)15(22)19-18-13(20)9-23-12-6-4-3-5-11(12)16-24-7-8-25-16/h3-6,10,16H,7-9H2,1-2H3,(H,17,21)(H,18,20)(H,19,22). The molecule has 3 amide bonds. The zero-order valence-corrected chi connectivity index (χ0v) is 15.7. The summed E-state index contributed by atoms with van der Waals surface area (Å²) in [6.07, 6.45) is 0. The molecule has 2 rings (SSSR count). The molecule has 1 aliphatic heterocycles. The Bertz CT molecular complexity index is 634. The van der Waals surface area contributed by atoms with Crippen molar-refractivity contribution in [3.05, 3.63) is 29.8 Å². The number of rotatable bonds is 5. The van der Waals surface area contributed by atoms with Crippen LogP contribution in [0.1, 0.15) is 24.0 Å². The Hall–Kier alpha value is -1.87. The second-order valence-electron chi connectivity index (χ2n) is 5.53. The number of hydrogen-bond acceptors (Lipinski definition) is 6. The van der Waals surface area contributed by atoms with Gasteiger partial charge in [0.25, 0.3) is 5.91 Å². The minimum Gasteiger partial charge on any atom is -0.483 e. The lowest BCUT2D eigenvalue weighted by Crippen LogP contribution is -2.50. The molecule has 1 aliphatic rings. The highest BCUT2D eigenvalue weighted by atomic mass is 32.2. The van der Waals surface area contributed by atoms with Crippen molar-refractivity contribution in [2.45, 2.75) is 24.5 Å². The van der Waals surface area contributed by atoms with Gasteiger partial charge in [0.05, 0.1) is 4.58 Å². The second kappa shape index (κ2) is 9.57. The van der Waals surface area contributed by atoms with Crippen LogP contribution in [0.15, 0.2) is 24.3 Å². The van der Waals surface area contributed by atoms with Gasteiger partial charge in [0, 0.05) is 23.1 Å². The summed E-state index contributed by atoms with van der Waals surface area (Å²) in [5.41, 5.74) is 5.26. The maximum Gasteiger partial charge on any atom is 0.327 e. The summed E-state index contributed by atoms with van der Waals surface area (Å²) in [5.74, 6) is 0.544. The molecule has 1 saturated heterocycles. The molecule has 1 aromatic carbocycles. The molecular formula is C16H21N3O4S2. The van der Waals surface area contributed by atoms with Gasteiger partial charge in [0.1, 0.15) is 5.75 Å². The lowest BCUT2D eigenvalue weighted by Gasteiger charge is -2.15. The van der Waals surface area contributed by atoms with Crippen LogP contribution in [0.25, 0.3) is 0 Å². The van der Waals surface area contributed by atoms with Gasteiger partial charge in [0.2, 0.25) is 0 Å². The Balaban J connectivity index is 1.80. The minimum atomic E-state index is -0.929. The second-order valence-corrected chi connectivity index (χ2v) is 8.25. The quantitative estimate of drug-likeness (QED) is 0.523. The molecule has 25 heavy (non-hydrogen) atoms. The average molecular weight is 383 g/mol. The first kappa shape index (κ1) is 19.5. The number of carbonyl (C=O) groups is 3. The van der Waals surface area contributed by atoms with Crippen molar-refractivity contribution in [3.8, 4) is 5.75 Å². The molecule has 3 N–H and O–H groups in total. The third kappa shape index (κ3) is 6.17. The van der Waals surface area contributed by atoms with Crippen LogP contribution in [0.3, 0.4) is 0 Å². The molecule has 0 radical (unpaired) electrons. The van der Waals surface area contributed by atoms with E-state index in [0.717, 1.165) is 17.1 Å². The van der Waals surface area contributed by atoms with E-state index in [4.69, 9.17) is 4.74 Å². The highest BCUT2D eigenvalue weighted by molar-refractivity contribution is 8.19. The first-order valence-electron chi connectivity index (χ1n) is 7.82. The summed E-state index contributed by atoms with van der Waals surface area (Å²) < 4.78 is 5.88. The molecule has 0 aromatic heterocycles. The van der Waals surface area contributed by atoms with E-state index < -0.39 is 17.7 Å². The van der Waals surface area contributed by atoms with Crippen LogP contribution < -0.4 is 20.9 Å².